The number of methoxy groups -OCH3 is 1. The standard InChI is InChI=1S/C27H31N3O4/c1-16(2)15-22(27(33)34-4)29-23(31)13-14-30-25(18-9-5-6-10-19(18)26(30)32)24-17(3)28-21-12-8-7-11-20(21)24/h5-12,16,22,25,28H,13-15H2,1-4H3,(H,29,31)/t22-,25+/m0/s1. The van der Waals surface area contributed by atoms with Gasteiger partial charge in [0.15, 0.2) is 0 Å². The summed E-state index contributed by atoms with van der Waals surface area (Å²) in [4.78, 5) is 43.5. The number of amides is 2. The van der Waals surface area contributed by atoms with Crippen molar-refractivity contribution in [2.75, 3.05) is 13.7 Å². The summed E-state index contributed by atoms with van der Waals surface area (Å²) in [5, 5.41) is 3.85. The maximum atomic E-state index is 13.4. The topological polar surface area (TPSA) is 91.5 Å². The first-order chi connectivity index (χ1) is 16.3. The van der Waals surface area contributed by atoms with Crippen LogP contribution in [0.25, 0.3) is 10.9 Å². The zero-order valence-electron chi connectivity index (χ0n) is 20.1. The lowest BCUT2D eigenvalue weighted by molar-refractivity contribution is -0.145. The van der Waals surface area contributed by atoms with Crippen molar-refractivity contribution < 1.29 is 19.1 Å². The molecule has 2 amide bonds. The molecule has 0 unspecified atom stereocenters. The van der Waals surface area contributed by atoms with E-state index < -0.39 is 12.0 Å². The lowest BCUT2D eigenvalue weighted by Gasteiger charge is -2.26. The highest BCUT2D eigenvalue weighted by molar-refractivity contribution is 6.01. The number of rotatable bonds is 8. The van der Waals surface area contributed by atoms with Gasteiger partial charge in [0.25, 0.3) is 5.91 Å². The van der Waals surface area contributed by atoms with E-state index in [2.05, 4.69) is 16.4 Å². The Morgan fingerprint density at radius 2 is 1.82 bits per heavy atom. The van der Waals surface area contributed by atoms with Crippen molar-refractivity contribution in [3.05, 3.63) is 70.9 Å². The van der Waals surface area contributed by atoms with Gasteiger partial charge in [-0.25, -0.2) is 4.79 Å². The first-order valence-electron chi connectivity index (χ1n) is 11.7. The van der Waals surface area contributed by atoms with Crippen LogP contribution in [0.5, 0.6) is 0 Å². The summed E-state index contributed by atoms with van der Waals surface area (Å²) >= 11 is 0. The second kappa shape index (κ2) is 9.71. The van der Waals surface area contributed by atoms with Gasteiger partial charge < -0.3 is 19.9 Å². The van der Waals surface area contributed by atoms with Gasteiger partial charge in [-0.1, -0.05) is 50.2 Å². The Kier molecular flexibility index (Phi) is 6.72. The Morgan fingerprint density at radius 1 is 1.12 bits per heavy atom. The zero-order chi connectivity index (χ0) is 24.4. The van der Waals surface area contributed by atoms with Gasteiger partial charge in [0.1, 0.15) is 6.04 Å². The number of ether oxygens (including phenoxy) is 1. The Balaban J connectivity index is 1.60. The number of aromatic nitrogens is 1. The summed E-state index contributed by atoms with van der Waals surface area (Å²) in [5.74, 6) is -0.619. The Labute approximate surface area is 199 Å². The van der Waals surface area contributed by atoms with E-state index in [0.717, 1.165) is 27.7 Å². The average Bonchev–Trinajstić information content (AvgIpc) is 3.29. The number of esters is 1. The van der Waals surface area contributed by atoms with Crippen molar-refractivity contribution in [1.82, 2.24) is 15.2 Å². The quantitative estimate of drug-likeness (QED) is 0.494. The van der Waals surface area contributed by atoms with Gasteiger partial charge in [0, 0.05) is 40.7 Å². The number of para-hydroxylation sites is 1. The normalized spacial score (nSPS) is 16.1. The van der Waals surface area contributed by atoms with Crippen LogP contribution in [0.3, 0.4) is 0 Å². The largest absolute Gasteiger partial charge is 0.467 e. The van der Waals surface area contributed by atoms with E-state index in [1.807, 2.05) is 63.2 Å². The summed E-state index contributed by atoms with van der Waals surface area (Å²) in [6, 6.07) is 14.7. The minimum atomic E-state index is -0.698. The van der Waals surface area contributed by atoms with Crippen LogP contribution in [-0.4, -0.2) is 47.4 Å². The Hall–Kier alpha value is -3.61. The molecular weight excluding hydrogens is 430 g/mol. The molecule has 0 saturated heterocycles. The molecule has 2 atom stereocenters. The molecule has 2 heterocycles. The number of hydrogen-bond acceptors (Lipinski definition) is 4. The number of nitrogens with one attached hydrogen (secondary N) is 2. The zero-order valence-corrected chi connectivity index (χ0v) is 20.1. The molecule has 0 spiro atoms. The summed E-state index contributed by atoms with van der Waals surface area (Å²) < 4.78 is 4.85. The molecule has 4 rings (SSSR count). The highest BCUT2D eigenvalue weighted by atomic mass is 16.5. The van der Waals surface area contributed by atoms with E-state index in [-0.39, 0.29) is 36.7 Å². The minimum Gasteiger partial charge on any atom is -0.467 e. The fourth-order valence-electron chi connectivity index (χ4n) is 4.88. The number of H-pyrrole nitrogens is 1. The lowest BCUT2D eigenvalue weighted by Crippen LogP contribution is -2.43. The molecule has 2 N–H and O–H groups in total. The molecule has 0 bridgehead atoms. The molecule has 178 valence electrons. The van der Waals surface area contributed by atoms with Crippen molar-refractivity contribution in [2.45, 2.75) is 45.7 Å². The summed E-state index contributed by atoms with van der Waals surface area (Å²) in [5.41, 5.74) is 4.64. The molecule has 3 aromatic rings. The van der Waals surface area contributed by atoms with E-state index in [9.17, 15) is 14.4 Å². The highest BCUT2D eigenvalue weighted by Gasteiger charge is 2.39. The van der Waals surface area contributed by atoms with Gasteiger partial charge in [0.05, 0.1) is 13.2 Å². The Bertz CT molecular complexity index is 1230. The molecule has 0 saturated carbocycles. The van der Waals surface area contributed by atoms with Crippen LogP contribution < -0.4 is 5.32 Å². The Morgan fingerprint density at radius 3 is 2.56 bits per heavy atom. The van der Waals surface area contributed by atoms with Gasteiger partial charge in [0.2, 0.25) is 5.91 Å². The second-order valence-electron chi connectivity index (χ2n) is 9.22. The molecule has 7 heteroatoms. The SMILES string of the molecule is COC(=O)[C@H](CC(C)C)NC(=O)CCN1C(=O)c2ccccc2[C@@H]1c1c(C)[nH]c2ccccc12. The van der Waals surface area contributed by atoms with Crippen LogP contribution in [-0.2, 0) is 14.3 Å². The van der Waals surface area contributed by atoms with Gasteiger partial charge in [-0.3, -0.25) is 9.59 Å². The average molecular weight is 462 g/mol. The summed E-state index contributed by atoms with van der Waals surface area (Å²) in [6.45, 7) is 6.21. The van der Waals surface area contributed by atoms with Crippen LogP contribution in [0.4, 0.5) is 0 Å². The van der Waals surface area contributed by atoms with E-state index in [1.54, 1.807) is 4.90 Å². The number of aryl methyl sites for hydroxylation is 1. The van der Waals surface area contributed by atoms with Crippen molar-refractivity contribution in [3.8, 4) is 0 Å². The van der Waals surface area contributed by atoms with Crippen LogP contribution in [0.2, 0.25) is 0 Å². The molecule has 1 aliphatic rings. The molecular formula is C27H31N3O4. The van der Waals surface area contributed by atoms with Crippen molar-refractivity contribution in [3.63, 3.8) is 0 Å². The summed E-state index contributed by atoms with van der Waals surface area (Å²) in [7, 11) is 1.32. The monoisotopic (exact) mass is 461 g/mol. The number of hydrogen-bond donors (Lipinski definition) is 2. The molecule has 34 heavy (non-hydrogen) atoms. The van der Waals surface area contributed by atoms with Crippen molar-refractivity contribution in [2.24, 2.45) is 5.92 Å². The van der Waals surface area contributed by atoms with Gasteiger partial charge in [-0.05, 0) is 37.0 Å². The first kappa shape index (κ1) is 23.5. The molecule has 2 aromatic carbocycles. The third-order valence-electron chi connectivity index (χ3n) is 6.38. The predicted octanol–water partition coefficient (Wildman–Crippen LogP) is 4.12. The van der Waals surface area contributed by atoms with E-state index in [4.69, 9.17) is 4.74 Å². The number of carbonyl (C=O) groups excluding carboxylic acids is 3. The first-order valence-corrected chi connectivity index (χ1v) is 11.7. The number of benzene rings is 2. The molecule has 0 aliphatic carbocycles. The number of carbonyl (C=O) groups is 3. The maximum absolute atomic E-state index is 13.4. The van der Waals surface area contributed by atoms with Gasteiger partial charge >= 0.3 is 5.97 Å². The molecule has 7 nitrogen and oxygen atoms in total. The van der Waals surface area contributed by atoms with Crippen LogP contribution in [0.1, 0.15) is 59.9 Å². The van der Waals surface area contributed by atoms with Crippen molar-refractivity contribution in [1.29, 1.82) is 0 Å². The van der Waals surface area contributed by atoms with Gasteiger partial charge in [-0.15, -0.1) is 0 Å². The number of fused-ring (bicyclic) bond motifs is 2. The highest BCUT2D eigenvalue weighted by Crippen LogP contribution is 2.42. The molecule has 0 radical (unpaired) electrons. The van der Waals surface area contributed by atoms with Crippen LogP contribution in [0.15, 0.2) is 48.5 Å². The smallest absolute Gasteiger partial charge is 0.328 e. The fourth-order valence-corrected chi connectivity index (χ4v) is 4.88. The van der Waals surface area contributed by atoms with Crippen LogP contribution >= 0.6 is 0 Å². The third kappa shape index (κ3) is 4.42. The van der Waals surface area contributed by atoms with E-state index in [0.29, 0.717) is 12.0 Å². The summed E-state index contributed by atoms with van der Waals surface area (Å²) in [6.07, 6.45) is 0.576. The number of aromatic amines is 1. The third-order valence-corrected chi connectivity index (χ3v) is 6.38. The number of nitrogens with zero attached hydrogens (tertiary/aromatic N) is 1. The van der Waals surface area contributed by atoms with E-state index >= 15 is 0 Å². The van der Waals surface area contributed by atoms with E-state index in [1.165, 1.54) is 7.11 Å². The fraction of sp³-hybridized carbons (Fsp3) is 0.370. The predicted molar refractivity (Wildman–Crippen MR) is 130 cm³/mol. The molecule has 1 aliphatic heterocycles. The van der Waals surface area contributed by atoms with Gasteiger partial charge in [-0.2, -0.15) is 0 Å². The molecule has 0 fully saturated rings. The second-order valence-corrected chi connectivity index (χ2v) is 9.22. The van der Waals surface area contributed by atoms with Crippen molar-refractivity contribution >= 4 is 28.7 Å². The van der Waals surface area contributed by atoms with Crippen LogP contribution in [0, 0.1) is 12.8 Å². The lowest BCUT2D eigenvalue weighted by atomic mass is 9.95. The maximum Gasteiger partial charge on any atom is 0.328 e. The minimum absolute atomic E-state index is 0.0865. The molecule has 1 aromatic heterocycles.